The number of ether oxygens (including phenoxy) is 11. The van der Waals surface area contributed by atoms with E-state index in [0.29, 0.717) is 37.7 Å². The van der Waals surface area contributed by atoms with Gasteiger partial charge in [-0.2, -0.15) is 0 Å². The van der Waals surface area contributed by atoms with Crippen molar-refractivity contribution in [2.45, 2.75) is 281 Å². The zero-order valence-electron chi connectivity index (χ0n) is 58.3. The molecular weight excluding hydrogens is 1310 g/mol. The van der Waals surface area contributed by atoms with Gasteiger partial charge in [-0.15, -0.1) is 0 Å². The Morgan fingerprint density at radius 3 is 1.99 bits per heavy atom. The summed E-state index contributed by atoms with van der Waals surface area (Å²) in [6.45, 7) is 17.5. The first-order valence-corrected chi connectivity index (χ1v) is 35.3. The molecule has 28 heteroatoms. The molecule has 4 saturated heterocycles. The highest BCUT2D eigenvalue weighted by Gasteiger charge is 2.74. The van der Waals surface area contributed by atoms with Crippen LogP contribution in [0.1, 0.15) is 138 Å². The van der Waals surface area contributed by atoms with E-state index in [-0.39, 0.29) is 49.4 Å². The second-order valence-electron chi connectivity index (χ2n) is 32.2. The van der Waals surface area contributed by atoms with Crippen LogP contribution in [0.3, 0.4) is 0 Å². The fourth-order valence-electron chi connectivity index (χ4n) is 19.5. The van der Waals surface area contributed by atoms with Crippen molar-refractivity contribution in [2.24, 2.45) is 62.1 Å². The predicted octanol–water partition coefficient (Wildman–Crippen LogP) is 1.42. The van der Waals surface area contributed by atoms with Gasteiger partial charge in [-0.1, -0.05) is 90.4 Å². The second kappa shape index (κ2) is 29.1. The zero-order valence-corrected chi connectivity index (χ0v) is 58.3. The molecule has 0 radical (unpaired) electrons. The maximum absolute atomic E-state index is 16.0. The lowest BCUT2D eigenvalue weighted by Gasteiger charge is -2.72. The molecule has 34 atom stereocenters. The number of aryl methyl sites for hydroxylation is 1. The van der Waals surface area contributed by atoms with Gasteiger partial charge in [-0.25, -0.2) is 9.59 Å². The number of hydrogen-bond acceptors (Lipinski definition) is 27. The summed E-state index contributed by atoms with van der Waals surface area (Å²) in [5.41, 5.74) is -3.72. The van der Waals surface area contributed by atoms with Gasteiger partial charge in [0.15, 0.2) is 43.3 Å². The Morgan fingerprint density at radius 2 is 1.32 bits per heavy atom. The van der Waals surface area contributed by atoms with Crippen molar-refractivity contribution in [3.05, 3.63) is 53.6 Å². The molecule has 0 spiro atoms. The molecule has 0 aromatic heterocycles. The van der Waals surface area contributed by atoms with Crippen LogP contribution in [0.4, 0.5) is 0 Å². The first kappa shape index (κ1) is 76.6. The molecule has 0 bridgehead atoms. The first-order chi connectivity index (χ1) is 47.0. The van der Waals surface area contributed by atoms with Crippen LogP contribution in [-0.4, -0.2) is 252 Å². The van der Waals surface area contributed by atoms with Crippen LogP contribution in [0.25, 0.3) is 6.08 Å². The van der Waals surface area contributed by atoms with Gasteiger partial charge in [0.2, 0.25) is 6.29 Å². The number of fused-ring (bicyclic) bond motifs is 7. The number of aldehydes is 1. The standard InChI is InChI=1S/C72H104O28/c1-32-11-13-36(14-12-32)15-18-48(80)96-55-34(3)91-64(60(58(55)92-35(4)75)93-42-25-33(2)49(81)52(84)51(42)83)100-66(89)72-24-23-67(5,6)27-38(72)37-16-17-45-68(7)21-20-47(69(8,31-74)44(68)19-22-70(45,9)71(37,10)28-46(72)79)95-65-59(99-62-40(77)26-39(76)43(29-73)94-62)56(54(86)57(98-65)61(87)88)97-63-53(85)50(82)41(78)30-90-63/h11-18,31,33-34,37-47,49-60,62-65,73,76-79,81-86H,19-30H2,1-10H3,(H,87,88)/b18-15-/t33?,34?,37?,38-,39?,40?,41?,42?,43?,44+,45+,46+,47-,49?,50?,51?,52?,53?,54?,55?,56?,57?,58?,59?,60?,62?,63?,64?,65?,68-,69-,70+,71+,72+/m0/s1. The highest BCUT2D eigenvalue weighted by molar-refractivity contribution is 5.87. The van der Waals surface area contributed by atoms with Crippen LogP contribution in [-0.2, 0) is 76.1 Å². The Balaban J connectivity index is 0.890. The predicted molar refractivity (Wildman–Crippen MR) is 344 cm³/mol. The van der Waals surface area contributed by atoms with Gasteiger partial charge < -0.3 is 118 Å². The smallest absolute Gasteiger partial charge is 0.335 e. The van der Waals surface area contributed by atoms with Gasteiger partial charge in [-0.3, -0.25) is 9.59 Å². The van der Waals surface area contributed by atoms with E-state index in [0.717, 1.165) is 18.8 Å². The molecular formula is C72H104O28. The van der Waals surface area contributed by atoms with E-state index in [2.05, 4.69) is 46.8 Å². The van der Waals surface area contributed by atoms with Gasteiger partial charge in [0.25, 0.3) is 0 Å². The molecule has 24 unspecified atom stereocenters. The fourth-order valence-corrected chi connectivity index (χ4v) is 19.5. The van der Waals surface area contributed by atoms with Crippen molar-refractivity contribution in [2.75, 3.05) is 13.2 Å². The molecule has 4 aliphatic heterocycles. The molecule has 1 aromatic rings. The summed E-state index contributed by atoms with van der Waals surface area (Å²) in [7, 11) is 0. The number of carbonyl (C=O) groups is 5. The normalized spacial score (nSPS) is 49.2. The molecule has 0 amide bonds. The van der Waals surface area contributed by atoms with E-state index in [4.69, 9.17) is 52.1 Å². The summed E-state index contributed by atoms with van der Waals surface area (Å²) < 4.78 is 68.4. The van der Waals surface area contributed by atoms with E-state index in [1.807, 2.05) is 31.2 Å². The van der Waals surface area contributed by atoms with Crippen LogP contribution < -0.4 is 0 Å². The SMILES string of the molecule is CC(=O)OC1C(OC(=O)/C=C\c2ccc(C)cc2)C(C)OC(OC(=O)[C@]23CCC(C)(C)C[C@H]2C2C=C[C@@H]4[C@@]5(C)CC[C@H](OC6OC(C(=O)O)C(O)C(OC7OCC(O)C(O)C7O)C6OC6OC(CO)C(O)CC6O)[C@@](C)(C=O)[C@@H]5CC[C@@]4(C)[C@]2(C)C[C@H]3O)C1OC1CC(C)C(O)C(O)C1O. The topological polar surface area (TPSA) is 430 Å². The number of esters is 3. The zero-order chi connectivity index (χ0) is 72.8. The summed E-state index contributed by atoms with van der Waals surface area (Å²) in [4.78, 5) is 70.2. The largest absolute Gasteiger partial charge is 0.479 e. The van der Waals surface area contributed by atoms with E-state index in [1.54, 1.807) is 26.8 Å². The van der Waals surface area contributed by atoms with Crippen molar-refractivity contribution in [1.82, 2.24) is 0 Å². The number of aliphatic hydroxyl groups is 11. The Hall–Kier alpha value is -4.51. The van der Waals surface area contributed by atoms with Gasteiger partial charge in [0, 0.05) is 19.4 Å². The monoisotopic (exact) mass is 1420 g/mol. The summed E-state index contributed by atoms with van der Waals surface area (Å²) in [6.07, 6.45) is -28.5. The Morgan fingerprint density at radius 1 is 0.630 bits per heavy atom. The number of carboxylic acid groups (broad SMARTS) is 1. The third-order valence-corrected chi connectivity index (χ3v) is 25.4. The Labute approximate surface area is 581 Å². The minimum absolute atomic E-state index is 0.0187. The van der Waals surface area contributed by atoms with E-state index in [1.165, 1.54) is 6.08 Å². The number of allylic oxidation sites excluding steroid dienone is 2. The number of hydrogen-bond donors (Lipinski definition) is 12. The molecule has 11 rings (SSSR count). The Kier molecular flexibility index (Phi) is 22.3. The number of benzene rings is 1. The van der Waals surface area contributed by atoms with Crippen LogP contribution >= 0.6 is 0 Å². The number of rotatable bonds is 17. The molecule has 4 heterocycles. The maximum atomic E-state index is 16.0. The summed E-state index contributed by atoms with van der Waals surface area (Å²) in [5, 5.41) is 133. The van der Waals surface area contributed by atoms with Crippen molar-refractivity contribution in [3.8, 4) is 0 Å². The van der Waals surface area contributed by atoms with Gasteiger partial charge in [0.05, 0.1) is 60.7 Å². The lowest BCUT2D eigenvalue weighted by atomic mass is 9.32. The number of carboxylic acids is 1. The third-order valence-electron chi connectivity index (χ3n) is 25.4. The summed E-state index contributed by atoms with van der Waals surface area (Å²) in [6, 6.07) is 7.37. The minimum atomic E-state index is -2.14. The quantitative estimate of drug-likeness (QED) is 0.0262. The van der Waals surface area contributed by atoms with Gasteiger partial charge >= 0.3 is 23.9 Å². The maximum Gasteiger partial charge on any atom is 0.335 e. The lowest BCUT2D eigenvalue weighted by Crippen LogP contribution is -2.70. The molecule has 9 fully saturated rings. The summed E-state index contributed by atoms with van der Waals surface area (Å²) in [5.74, 6) is -6.48. The van der Waals surface area contributed by atoms with E-state index >= 15 is 4.79 Å². The third kappa shape index (κ3) is 13.7. The number of aliphatic carboxylic acids is 1. The van der Waals surface area contributed by atoms with E-state index in [9.17, 15) is 80.5 Å². The lowest BCUT2D eigenvalue weighted by molar-refractivity contribution is -0.386. The summed E-state index contributed by atoms with van der Waals surface area (Å²) >= 11 is 0. The van der Waals surface area contributed by atoms with Crippen molar-refractivity contribution in [1.29, 1.82) is 0 Å². The van der Waals surface area contributed by atoms with Crippen molar-refractivity contribution in [3.63, 3.8) is 0 Å². The number of aliphatic hydroxyl groups excluding tert-OH is 11. The van der Waals surface area contributed by atoms with Crippen molar-refractivity contribution < 1.29 is 137 Å². The molecule has 1 aromatic carbocycles. The molecule has 12 N–H and O–H groups in total. The molecule has 5 saturated carbocycles. The molecule has 28 nitrogen and oxygen atoms in total. The van der Waals surface area contributed by atoms with Gasteiger partial charge in [-0.05, 0) is 135 Å². The first-order valence-electron chi connectivity index (χ1n) is 35.3. The van der Waals surface area contributed by atoms with Crippen LogP contribution in [0.5, 0.6) is 0 Å². The highest BCUT2D eigenvalue weighted by atomic mass is 16.8. The molecule has 100 heavy (non-hydrogen) atoms. The fraction of sp³-hybridized carbons (Fsp3) is 0.792. The average Bonchev–Trinajstić information content (AvgIpc) is 0.671. The molecule has 10 aliphatic rings. The van der Waals surface area contributed by atoms with Crippen molar-refractivity contribution >= 4 is 36.2 Å². The average molecular weight is 1420 g/mol. The Bertz CT molecular complexity index is 3170. The molecule has 6 aliphatic carbocycles. The van der Waals surface area contributed by atoms with Crippen LogP contribution in [0.2, 0.25) is 0 Å². The highest BCUT2D eigenvalue weighted by Crippen LogP contribution is 2.76. The number of carbonyl (C=O) groups excluding carboxylic acids is 4. The van der Waals surface area contributed by atoms with Gasteiger partial charge in [0.1, 0.15) is 67.3 Å². The van der Waals surface area contributed by atoms with Crippen LogP contribution in [0, 0.1) is 69.0 Å². The molecule has 560 valence electrons. The minimum Gasteiger partial charge on any atom is -0.479 e. The second-order valence-corrected chi connectivity index (χ2v) is 32.2. The van der Waals surface area contributed by atoms with E-state index < -0.39 is 229 Å². The van der Waals surface area contributed by atoms with Crippen LogP contribution in [0.15, 0.2) is 42.5 Å².